The van der Waals surface area contributed by atoms with Gasteiger partial charge in [-0.15, -0.1) is 0 Å². The number of carbonyl (C=O) groups is 1. The number of hydrogen-bond donors (Lipinski definition) is 2. The molecule has 122 valence electrons. The summed E-state index contributed by atoms with van der Waals surface area (Å²) in [5, 5.41) is 2.68. The molecular weight excluding hydrogens is 284 g/mol. The summed E-state index contributed by atoms with van der Waals surface area (Å²) < 4.78 is 16.2. The third-order valence-electron chi connectivity index (χ3n) is 3.01. The number of hydrogen-bond acceptors (Lipinski definition) is 5. The molecule has 22 heavy (non-hydrogen) atoms. The number of amides is 1. The number of fused-ring (bicyclic) bond motifs is 1. The van der Waals surface area contributed by atoms with Crippen LogP contribution in [0, 0.1) is 0 Å². The van der Waals surface area contributed by atoms with E-state index in [9.17, 15) is 4.79 Å². The van der Waals surface area contributed by atoms with Crippen LogP contribution < -0.4 is 20.5 Å². The van der Waals surface area contributed by atoms with Crippen molar-refractivity contribution in [2.75, 3.05) is 19.8 Å². The summed E-state index contributed by atoms with van der Waals surface area (Å²) in [4.78, 5) is 11.6. The van der Waals surface area contributed by atoms with Gasteiger partial charge < -0.3 is 25.3 Å². The van der Waals surface area contributed by atoms with E-state index in [0.29, 0.717) is 26.2 Å². The van der Waals surface area contributed by atoms with Crippen LogP contribution in [0.3, 0.4) is 0 Å². The highest BCUT2D eigenvalue weighted by atomic mass is 16.6. The summed E-state index contributed by atoms with van der Waals surface area (Å²) in [5.74, 6) is 1.51. The van der Waals surface area contributed by atoms with Crippen LogP contribution in [0.4, 0.5) is 4.79 Å². The molecule has 6 nitrogen and oxygen atoms in total. The average Bonchev–Trinajstić information content (AvgIpc) is 2.43. The largest absolute Gasteiger partial charge is 0.486 e. The van der Waals surface area contributed by atoms with E-state index < -0.39 is 11.7 Å². The summed E-state index contributed by atoms with van der Waals surface area (Å²) in [6.07, 6.45) is 0.178. The van der Waals surface area contributed by atoms with Crippen molar-refractivity contribution in [3.8, 4) is 11.5 Å². The molecule has 0 radical (unpaired) electrons. The van der Waals surface area contributed by atoms with Crippen LogP contribution in [0.25, 0.3) is 0 Å². The Kier molecular flexibility index (Phi) is 5.13. The van der Waals surface area contributed by atoms with Crippen molar-refractivity contribution in [3.05, 3.63) is 23.8 Å². The molecule has 1 amide bonds. The maximum Gasteiger partial charge on any atom is 0.407 e. The minimum absolute atomic E-state index is 0.199. The predicted octanol–water partition coefficient (Wildman–Crippen LogP) is 1.85. The molecule has 0 saturated carbocycles. The zero-order valence-electron chi connectivity index (χ0n) is 13.3. The molecule has 1 heterocycles. The lowest BCUT2D eigenvalue weighted by Gasteiger charge is -2.21. The van der Waals surface area contributed by atoms with E-state index in [1.54, 1.807) is 0 Å². The molecule has 1 aliphatic heterocycles. The fourth-order valence-corrected chi connectivity index (χ4v) is 2.12. The third-order valence-corrected chi connectivity index (χ3v) is 3.01. The molecule has 1 unspecified atom stereocenters. The van der Waals surface area contributed by atoms with Gasteiger partial charge in [0, 0.05) is 12.6 Å². The van der Waals surface area contributed by atoms with Gasteiger partial charge in [-0.25, -0.2) is 4.79 Å². The van der Waals surface area contributed by atoms with Gasteiger partial charge >= 0.3 is 6.09 Å². The third kappa shape index (κ3) is 5.11. The Bertz CT molecular complexity index is 525. The standard InChI is InChI=1S/C16H24N2O4/c1-16(2,3)22-15(19)18-10-12(17)8-11-4-5-13-14(9-11)21-7-6-20-13/h4-5,9,12H,6-8,10,17H2,1-3H3,(H,18,19). The summed E-state index contributed by atoms with van der Waals surface area (Å²) in [6.45, 7) is 6.95. The van der Waals surface area contributed by atoms with E-state index in [0.717, 1.165) is 17.1 Å². The molecule has 0 bridgehead atoms. The Morgan fingerprint density at radius 3 is 2.68 bits per heavy atom. The number of rotatable bonds is 4. The number of nitrogens with one attached hydrogen (secondary N) is 1. The van der Waals surface area contributed by atoms with Crippen LogP contribution in [0.15, 0.2) is 18.2 Å². The lowest BCUT2D eigenvalue weighted by atomic mass is 10.1. The second-order valence-corrected chi connectivity index (χ2v) is 6.33. The summed E-state index contributed by atoms with van der Waals surface area (Å²) in [6, 6.07) is 5.58. The monoisotopic (exact) mass is 308 g/mol. The first kappa shape index (κ1) is 16.4. The lowest BCUT2D eigenvalue weighted by Crippen LogP contribution is -2.41. The first-order valence-electron chi connectivity index (χ1n) is 7.44. The molecule has 1 aromatic rings. The molecule has 1 aliphatic rings. The molecule has 2 rings (SSSR count). The topological polar surface area (TPSA) is 82.8 Å². The van der Waals surface area contributed by atoms with Gasteiger partial charge in [-0.1, -0.05) is 6.07 Å². The van der Waals surface area contributed by atoms with Crippen molar-refractivity contribution >= 4 is 6.09 Å². The number of nitrogens with two attached hydrogens (primary N) is 1. The highest BCUT2D eigenvalue weighted by molar-refractivity contribution is 5.67. The highest BCUT2D eigenvalue weighted by Crippen LogP contribution is 2.30. The van der Waals surface area contributed by atoms with Crippen molar-refractivity contribution < 1.29 is 19.0 Å². The minimum Gasteiger partial charge on any atom is -0.486 e. The molecule has 1 aromatic carbocycles. The molecule has 0 aromatic heterocycles. The fourth-order valence-electron chi connectivity index (χ4n) is 2.12. The minimum atomic E-state index is -0.510. The van der Waals surface area contributed by atoms with Crippen LogP contribution >= 0.6 is 0 Å². The normalized spacial score (nSPS) is 15.1. The molecule has 3 N–H and O–H groups in total. The van der Waals surface area contributed by atoms with Crippen molar-refractivity contribution in [1.29, 1.82) is 0 Å². The quantitative estimate of drug-likeness (QED) is 0.887. The lowest BCUT2D eigenvalue weighted by molar-refractivity contribution is 0.0524. The van der Waals surface area contributed by atoms with Gasteiger partial charge in [0.2, 0.25) is 0 Å². The molecule has 0 saturated heterocycles. The van der Waals surface area contributed by atoms with E-state index in [1.165, 1.54) is 0 Å². The number of carbonyl (C=O) groups excluding carboxylic acids is 1. The summed E-state index contributed by atoms with van der Waals surface area (Å²) in [5.41, 5.74) is 6.59. The van der Waals surface area contributed by atoms with Gasteiger partial charge in [0.25, 0.3) is 0 Å². The molecule has 0 fully saturated rings. The van der Waals surface area contributed by atoms with Gasteiger partial charge in [-0.05, 0) is 44.9 Å². The van der Waals surface area contributed by atoms with E-state index in [-0.39, 0.29) is 6.04 Å². The van der Waals surface area contributed by atoms with Gasteiger partial charge in [-0.2, -0.15) is 0 Å². The fraction of sp³-hybridized carbons (Fsp3) is 0.562. The zero-order valence-corrected chi connectivity index (χ0v) is 13.3. The van der Waals surface area contributed by atoms with E-state index in [1.807, 2.05) is 39.0 Å². The van der Waals surface area contributed by atoms with Gasteiger partial charge in [0.15, 0.2) is 11.5 Å². The second kappa shape index (κ2) is 6.87. The second-order valence-electron chi connectivity index (χ2n) is 6.33. The maximum absolute atomic E-state index is 11.6. The van der Waals surface area contributed by atoms with Crippen LogP contribution in [0.5, 0.6) is 11.5 Å². The van der Waals surface area contributed by atoms with E-state index in [4.69, 9.17) is 19.9 Å². The molecule has 0 aliphatic carbocycles. The smallest absolute Gasteiger partial charge is 0.407 e. The van der Waals surface area contributed by atoms with Crippen molar-refractivity contribution in [1.82, 2.24) is 5.32 Å². The first-order chi connectivity index (χ1) is 10.3. The maximum atomic E-state index is 11.6. The Balaban J connectivity index is 1.82. The number of ether oxygens (including phenoxy) is 3. The van der Waals surface area contributed by atoms with Crippen molar-refractivity contribution in [2.24, 2.45) is 5.73 Å². The summed E-state index contributed by atoms with van der Waals surface area (Å²) >= 11 is 0. The molecule has 6 heteroatoms. The molecule has 1 atom stereocenters. The Morgan fingerprint density at radius 1 is 1.32 bits per heavy atom. The first-order valence-corrected chi connectivity index (χ1v) is 7.44. The number of benzene rings is 1. The highest BCUT2D eigenvalue weighted by Gasteiger charge is 2.17. The summed E-state index contributed by atoms with van der Waals surface area (Å²) in [7, 11) is 0. The van der Waals surface area contributed by atoms with Gasteiger partial charge in [0.1, 0.15) is 18.8 Å². The number of alkyl carbamates (subject to hydrolysis) is 1. The Morgan fingerprint density at radius 2 is 2.00 bits per heavy atom. The van der Waals surface area contributed by atoms with Gasteiger partial charge in [-0.3, -0.25) is 0 Å². The SMILES string of the molecule is CC(C)(C)OC(=O)NCC(N)Cc1ccc2c(c1)OCCO2. The van der Waals surface area contributed by atoms with Gasteiger partial charge in [0.05, 0.1) is 0 Å². The predicted molar refractivity (Wildman–Crippen MR) is 83.3 cm³/mol. The Hall–Kier alpha value is -1.95. The molecule has 0 spiro atoms. The van der Waals surface area contributed by atoms with Crippen molar-refractivity contribution in [2.45, 2.75) is 38.8 Å². The Labute approximate surface area is 130 Å². The average molecular weight is 308 g/mol. The molecular formula is C16H24N2O4. The van der Waals surface area contributed by atoms with E-state index >= 15 is 0 Å². The van der Waals surface area contributed by atoms with Crippen LogP contribution in [-0.4, -0.2) is 37.5 Å². The van der Waals surface area contributed by atoms with Crippen molar-refractivity contribution in [3.63, 3.8) is 0 Å². The van der Waals surface area contributed by atoms with Crippen LogP contribution in [-0.2, 0) is 11.2 Å². The van der Waals surface area contributed by atoms with Crippen LogP contribution in [0.2, 0.25) is 0 Å². The zero-order chi connectivity index (χ0) is 16.2. The van der Waals surface area contributed by atoms with Crippen LogP contribution in [0.1, 0.15) is 26.3 Å². The van der Waals surface area contributed by atoms with E-state index in [2.05, 4.69) is 5.32 Å².